The first-order chi connectivity index (χ1) is 9.45. The van der Waals surface area contributed by atoms with E-state index in [0.717, 1.165) is 11.1 Å². The van der Waals surface area contributed by atoms with Crippen molar-refractivity contribution >= 4 is 23.2 Å². The van der Waals surface area contributed by atoms with Crippen LogP contribution in [0.4, 0.5) is 0 Å². The Labute approximate surface area is 116 Å². The molecule has 0 saturated carbocycles. The van der Waals surface area contributed by atoms with E-state index in [1.165, 1.54) is 0 Å². The van der Waals surface area contributed by atoms with Crippen molar-refractivity contribution in [3.05, 3.63) is 47.6 Å². The summed E-state index contributed by atoms with van der Waals surface area (Å²) in [6, 6.07) is 0. The molecule has 1 rings (SSSR count). The molecular weight excluding hydrogens is 256 g/mol. The molecule has 20 heavy (non-hydrogen) atoms. The Balaban J connectivity index is 2.53. The van der Waals surface area contributed by atoms with Gasteiger partial charge in [0.25, 0.3) is 11.8 Å². The Morgan fingerprint density at radius 2 is 2.10 bits per heavy atom. The van der Waals surface area contributed by atoms with Gasteiger partial charge < -0.3 is 16.5 Å². The molecule has 6 heteroatoms. The first-order valence-electron chi connectivity index (χ1n) is 5.93. The summed E-state index contributed by atoms with van der Waals surface area (Å²) in [5.74, 6) is -1.85. The van der Waals surface area contributed by atoms with Crippen molar-refractivity contribution in [2.24, 2.45) is 5.73 Å². The molecule has 0 radical (unpaired) electrons. The predicted molar refractivity (Wildman–Crippen MR) is 77.8 cm³/mol. The van der Waals surface area contributed by atoms with Crippen molar-refractivity contribution in [2.45, 2.75) is 6.92 Å². The molecule has 0 aromatic heterocycles. The summed E-state index contributed by atoms with van der Waals surface area (Å²) in [5, 5.41) is 17.1. The monoisotopic (exact) mass is 272 g/mol. The molecule has 0 atom stereocenters. The molecule has 0 fully saturated rings. The topological polar surface area (TPSA) is 120 Å². The number of carbonyl (C=O) groups is 2. The summed E-state index contributed by atoms with van der Waals surface area (Å²) in [7, 11) is 0. The van der Waals surface area contributed by atoms with Crippen LogP contribution in [-0.2, 0) is 9.59 Å². The summed E-state index contributed by atoms with van der Waals surface area (Å²) in [4.78, 5) is 21.8. The molecule has 6 nitrogen and oxygen atoms in total. The molecule has 0 aromatic rings. The van der Waals surface area contributed by atoms with Crippen molar-refractivity contribution in [2.75, 3.05) is 6.54 Å². The lowest BCUT2D eigenvalue weighted by molar-refractivity contribution is -0.117. The maximum absolute atomic E-state index is 11.2. The van der Waals surface area contributed by atoms with E-state index in [0.29, 0.717) is 5.71 Å². The Kier molecular flexibility index (Phi) is 5.34. The Morgan fingerprint density at radius 1 is 1.40 bits per heavy atom. The molecule has 1 aliphatic rings. The maximum atomic E-state index is 11.2. The molecule has 0 aromatic carbocycles. The highest BCUT2D eigenvalue weighted by Gasteiger charge is 2.13. The second kappa shape index (κ2) is 6.98. The van der Waals surface area contributed by atoms with E-state index in [1.54, 1.807) is 24.3 Å². The largest absolute Gasteiger partial charge is 0.364 e. The van der Waals surface area contributed by atoms with Gasteiger partial charge in [-0.25, -0.2) is 0 Å². The molecule has 5 N–H and O–H groups in total. The molecule has 0 bridgehead atoms. The normalized spacial score (nSPS) is 16.4. The van der Waals surface area contributed by atoms with Crippen molar-refractivity contribution < 1.29 is 9.59 Å². The molecule has 0 unspecified atom stereocenters. The molecule has 104 valence electrons. The van der Waals surface area contributed by atoms with Gasteiger partial charge in [0.1, 0.15) is 0 Å². The summed E-state index contributed by atoms with van der Waals surface area (Å²) >= 11 is 0. The van der Waals surface area contributed by atoms with E-state index in [-0.39, 0.29) is 6.54 Å². The third-order valence-corrected chi connectivity index (χ3v) is 2.55. The Morgan fingerprint density at radius 3 is 2.70 bits per heavy atom. The van der Waals surface area contributed by atoms with Gasteiger partial charge in [-0.2, -0.15) is 0 Å². The van der Waals surface area contributed by atoms with Crippen molar-refractivity contribution in [3.63, 3.8) is 0 Å². The van der Waals surface area contributed by atoms with E-state index in [9.17, 15) is 9.59 Å². The van der Waals surface area contributed by atoms with Crippen LogP contribution in [0.2, 0.25) is 0 Å². The fraction of sp³-hybridized carbons (Fsp3) is 0.143. The number of nitrogens with two attached hydrogens (primary N) is 1. The van der Waals surface area contributed by atoms with Gasteiger partial charge in [0.15, 0.2) is 5.71 Å². The Hall–Kier alpha value is -2.76. The smallest absolute Gasteiger partial charge is 0.275 e. The van der Waals surface area contributed by atoms with E-state index in [2.05, 4.69) is 5.32 Å². The number of hydrogen-bond acceptors (Lipinski definition) is 4. The number of rotatable bonds is 5. The lowest BCUT2D eigenvalue weighted by atomic mass is 10.00. The number of primary amides is 1. The number of hydrogen-bond donors (Lipinski definition) is 4. The highest BCUT2D eigenvalue weighted by Crippen LogP contribution is 2.13. The van der Waals surface area contributed by atoms with E-state index in [1.807, 2.05) is 19.1 Å². The highest BCUT2D eigenvalue weighted by molar-refractivity contribution is 6.63. The van der Waals surface area contributed by atoms with Crippen LogP contribution in [-0.4, -0.2) is 29.8 Å². The molecule has 2 amide bonds. The van der Waals surface area contributed by atoms with Crippen molar-refractivity contribution in [1.82, 2.24) is 5.32 Å². The van der Waals surface area contributed by atoms with Crippen LogP contribution in [0, 0.1) is 10.8 Å². The van der Waals surface area contributed by atoms with Crippen LogP contribution >= 0.6 is 0 Å². The van der Waals surface area contributed by atoms with Crippen LogP contribution < -0.4 is 11.1 Å². The van der Waals surface area contributed by atoms with Gasteiger partial charge in [0.2, 0.25) is 0 Å². The fourth-order valence-corrected chi connectivity index (χ4v) is 1.47. The van der Waals surface area contributed by atoms with Gasteiger partial charge in [0, 0.05) is 6.54 Å². The SMILES string of the molecule is C/C=C1C=C(/C=C/CNC(=O)C(=N)C(N)=O)C=CC/1=N. The van der Waals surface area contributed by atoms with Crippen molar-refractivity contribution in [1.29, 1.82) is 10.8 Å². The van der Waals surface area contributed by atoms with E-state index in [4.69, 9.17) is 16.6 Å². The van der Waals surface area contributed by atoms with Crippen LogP contribution in [0.1, 0.15) is 6.92 Å². The van der Waals surface area contributed by atoms with Crippen molar-refractivity contribution in [3.8, 4) is 0 Å². The van der Waals surface area contributed by atoms with Gasteiger partial charge in [-0.3, -0.25) is 15.0 Å². The lowest BCUT2D eigenvalue weighted by Crippen LogP contribution is -2.38. The van der Waals surface area contributed by atoms with Crippen LogP contribution in [0.15, 0.2) is 47.6 Å². The minimum absolute atomic E-state index is 0.183. The maximum Gasteiger partial charge on any atom is 0.275 e. The minimum Gasteiger partial charge on any atom is -0.364 e. The number of allylic oxidation sites excluding steroid dienone is 7. The Bertz CT molecular complexity index is 580. The fourth-order valence-electron chi connectivity index (χ4n) is 1.47. The highest BCUT2D eigenvalue weighted by atomic mass is 16.2. The summed E-state index contributed by atoms with van der Waals surface area (Å²) < 4.78 is 0. The van der Waals surface area contributed by atoms with Gasteiger partial charge in [-0.1, -0.05) is 24.3 Å². The average molecular weight is 272 g/mol. The second-order valence-electron chi connectivity index (χ2n) is 3.99. The molecule has 0 heterocycles. The first-order valence-corrected chi connectivity index (χ1v) is 5.93. The summed E-state index contributed by atoms with van der Waals surface area (Å²) in [6.45, 7) is 2.04. The molecule has 1 aliphatic carbocycles. The lowest BCUT2D eigenvalue weighted by Gasteiger charge is -2.07. The molecule has 0 spiro atoms. The predicted octanol–water partition coefficient (Wildman–Crippen LogP) is 0.626. The summed E-state index contributed by atoms with van der Waals surface area (Å²) in [5.41, 5.74) is 6.22. The minimum atomic E-state index is -1.05. The number of nitrogens with one attached hydrogen (secondary N) is 3. The number of carbonyl (C=O) groups excluding carboxylic acids is 2. The molecular formula is C14H16N4O2. The first kappa shape index (κ1) is 15.3. The van der Waals surface area contributed by atoms with Gasteiger partial charge >= 0.3 is 0 Å². The van der Waals surface area contributed by atoms with Crippen LogP contribution in [0.3, 0.4) is 0 Å². The second-order valence-corrected chi connectivity index (χ2v) is 3.99. The van der Waals surface area contributed by atoms with E-state index >= 15 is 0 Å². The van der Waals surface area contributed by atoms with Gasteiger partial charge in [0.05, 0.1) is 5.71 Å². The molecule has 0 aliphatic heterocycles. The quantitative estimate of drug-likeness (QED) is 0.433. The van der Waals surface area contributed by atoms with Gasteiger partial charge in [-0.05, 0) is 30.2 Å². The summed E-state index contributed by atoms with van der Waals surface area (Å²) in [6.07, 6.45) is 10.6. The third-order valence-electron chi connectivity index (χ3n) is 2.55. The van der Waals surface area contributed by atoms with E-state index < -0.39 is 17.5 Å². The average Bonchev–Trinajstić information content (AvgIpc) is 2.43. The third kappa shape index (κ3) is 4.16. The zero-order valence-electron chi connectivity index (χ0n) is 11.1. The number of amides is 2. The zero-order valence-corrected chi connectivity index (χ0v) is 11.1. The van der Waals surface area contributed by atoms with Crippen LogP contribution in [0.5, 0.6) is 0 Å². The van der Waals surface area contributed by atoms with Gasteiger partial charge in [-0.15, -0.1) is 0 Å². The van der Waals surface area contributed by atoms with Crippen LogP contribution in [0.25, 0.3) is 0 Å². The molecule has 0 saturated heterocycles. The standard InChI is InChI=1S/C14H16N4O2/c1-2-10-8-9(5-6-11(10)15)4-3-7-18-14(20)12(16)13(17)19/h2-6,8,15-16H,7H2,1H3,(H2,17,19)(H,18,20)/b4-3+,10-2-,15-11?,16-12?. The zero-order chi connectivity index (χ0) is 15.1.